The number of ether oxygens (including phenoxy) is 10. The predicted octanol–water partition coefficient (Wildman–Crippen LogP) is 32.5. The van der Waals surface area contributed by atoms with Crippen molar-refractivity contribution in [3.8, 4) is 57.5 Å². The summed E-state index contributed by atoms with van der Waals surface area (Å²) in [5.41, 5.74) is 0.324. The number of hydrogen-bond acceptors (Lipinski definition) is 10. The molecule has 0 saturated heterocycles. The van der Waals surface area contributed by atoms with Gasteiger partial charge in [0, 0.05) is 27.6 Å². The average molecular weight is 1550 g/mol. The predicted molar refractivity (Wildman–Crippen MR) is 495 cm³/mol. The molecule has 10 heteroatoms. The van der Waals surface area contributed by atoms with Crippen LogP contribution in [0, 0.1) is 33.0 Å². The zero-order chi connectivity index (χ0) is 83.0. The molecular formula is C102H160O10. The quantitative estimate of drug-likeness (QED) is 0.146. The SMILES string of the molecule is C.C.C.CC.CC.CC.CC.CC.CC.CC.CC.CC.CC.CC(C)(C)C1COc2cc3ccccc3cc2O1.CC(C)(C)C1COc2cc3ccccc3cc2O1.CC(C)(C)C1COc2cc3ccccc3cc2OC1.CC(C)(C)C1Oc2cc3ccccc3cc2O1.CC(C)(C)C1Oc2cc3ccccc3cc2O1. The van der Waals surface area contributed by atoms with E-state index in [1.54, 1.807) is 0 Å². The first-order valence-electron chi connectivity index (χ1n) is 41.3. The molecule has 0 aromatic heterocycles. The van der Waals surface area contributed by atoms with Crippen molar-refractivity contribution in [2.45, 2.75) is 289 Å². The molecule has 0 bridgehead atoms. The molecule has 0 fully saturated rings. The number of benzene rings is 10. The van der Waals surface area contributed by atoms with E-state index in [2.05, 4.69) is 225 Å². The lowest BCUT2D eigenvalue weighted by molar-refractivity contribution is -0.0396. The first-order chi connectivity index (χ1) is 52.2. The fraction of sp³-hybridized carbons (Fsp3) is 0.510. The standard InChI is InChI=1S/C17H20O2.2C16H18O2.2C15H16O2.10C2H6.3CH4/c1-17(2,3)14-10-18-15-8-12-6-4-5-7-13(12)9-16(15)19-11-14;2*1-16(2,3)15-10-17-13-8-11-6-4-5-7-12(11)9-14(13)18-15;2*1-15(2,3)14-16-12-8-10-6-4-5-7-11(10)9-13(12)17-14;10*1-2;;;/h4-9,14H,10-11H2,1-3H3;2*4-9,15H,10H2,1-3H3;2*4-9,14H,1-3H3;10*1-2H3;3*1H4. The summed E-state index contributed by atoms with van der Waals surface area (Å²) in [7, 11) is 0. The van der Waals surface area contributed by atoms with Crippen LogP contribution in [0.5, 0.6) is 57.5 Å². The van der Waals surface area contributed by atoms with Crippen molar-refractivity contribution in [2.75, 3.05) is 26.4 Å². The maximum atomic E-state index is 6.08. The van der Waals surface area contributed by atoms with Gasteiger partial charge in [-0.05, 0) is 120 Å². The summed E-state index contributed by atoms with van der Waals surface area (Å²) in [6.07, 6.45) is -0.194. The fourth-order valence-corrected chi connectivity index (χ4v) is 10.7. The third kappa shape index (κ3) is 31.5. The summed E-state index contributed by atoms with van der Waals surface area (Å²) < 4.78 is 59.2. The first kappa shape index (κ1) is 108. The second kappa shape index (κ2) is 53.5. The van der Waals surface area contributed by atoms with Crippen LogP contribution in [0.25, 0.3) is 53.9 Å². The highest BCUT2D eigenvalue weighted by atomic mass is 16.7. The average Bonchev–Trinajstić information content (AvgIpc) is 0.860. The van der Waals surface area contributed by atoms with Crippen LogP contribution in [0.1, 0.15) is 265 Å². The number of hydrogen-bond donors (Lipinski definition) is 0. The molecule has 0 saturated carbocycles. The van der Waals surface area contributed by atoms with Crippen molar-refractivity contribution in [1.82, 2.24) is 0 Å². The van der Waals surface area contributed by atoms with E-state index in [4.69, 9.17) is 47.4 Å². The van der Waals surface area contributed by atoms with E-state index in [0.717, 1.165) is 70.7 Å². The third-order valence-corrected chi connectivity index (χ3v) is 16.8. The van der Waals surface area contributed by atoms with Gasteiger partial charge in [-0.2, -0.15) is 0 Å². The Kier molecular flexibility index (Phi) is 51.4. The topological polar surface area (TPSA) is 92.3 Å². The van der Waals surface area contributed by atoms with E-state index < -0.39 is 0 Å². The monoisotopic (exact) mass is 1550 g/mol. The second-order valence-corrected chi connectivity index (χ2v) is 29.3. The highest BCUT2D eigenvalue weighted by Gasteiger charge is 2.38. The van der Waals surface area contributed by atoms with Gasteiger partial charge in [-0.25, -0.2) is 0 Å². The lowest BCUT2D eigenvalue weighted by Gasteiger charge is -2.35. The molecule has 5 aliphatic heterocycles. The van der Waals surface area contributed by atoms with Crippen LogP contribution in [0.2, 0.25) is 0 Å². The largest absolute Gasteiger partial charge is 0.489 e. The van der Waals surface area contributed by atoms with Crippen LogP contribution in [-0.2, 0) is 0 Å². The molecule has 0 aliphatic carbocycles. The zero-order valence-corrected chi connectivity index (χ0v) is 74.6. The van der Waals surface area contributed by atoms with Crippen molar-refractivity contribution >= 4 is 53.9 Å². The Balaban J connectivity index is -0.00000125. The van der Waals surface area contributed by atoms with E-state index in [-0.39, 0.29) is 74.1 Å². The van der Waals surface area contributed by atoms with Crippen molar-refractivity contribution < 1.29 is 47.4 Å². The Morgan fingerprint density at radius 3 is 0.509 bits per heavy atom. The molecule has 10 aromatic rings. The molecular weight excluding hydrogens is 1390 g/mol. The molecule has 0 N–H and O–H groups in total. The lowest BCUT2D eigenvalue weighted by atomic mass is 9.82. The Morgan fingerprint density at radius 2 is 0.348 bits per heavy atom. The van der Waals surface area contributed by atoms with Gasteiger partial charge in [0.25, 0.3) is 0 Å². The first-order valence-corrected chi connectivity index (χ1v) is 41.3. The van der Waals surface area contributed by atoms with Gasteiger partial charge in [-0.15, -0.1) is 0 Å². The normalized spacial score (nSPS) is 14.1. The molecule has 2 unspecified atom stereocenters. The van der Waals surface area contributed by atoms with E-state index in [0.29, 0.717) is 19.1 Å². The minimum atomic E-state index is -0.200. The Morgan fingerprint density at radius 1 is 0.196 bits per heavy atom. The van der Waals surface area contributed by atoms with Gasteiger partial charge in [0.1, 0.15) is 25.4 Å². The minimum absolute atomic E-state index is 0. The molecule has 5 heterocycles. The second-order valence-electron chi connectivity index (χ2n) is 29.3. The summed E-state index contributed by atoms with van der Waals surface area (Å²) in [6, 6.07) is 61.9. The number of fused-ring (bicyclic) bond motifs is 10. The summed E-state index contributed by atoms with van der Waals surface area (Å²) in [5.74, 6) is 8.97. The third-order valence-electron chi connectivity index (χ3n) is 16.8. The number of rotatable bonds is 0. The Labute approximate surface area is 685 Å². The smallest absolute Gasteiger partial charge is 0.246 e. The van der Waals surface area contributed by atoms with Crippen LogP contribution < -0.4 is 47.4 Å². The highest BCUT2D eigenvalue weighted by molar-refractivity contribution is 5.89. The van der Waals surface area contributed by atoms with E-state index in [9.17, 15) is 0 Å². The van der Waals surface area contributed by atoms with Crippen molar-refractivity contribution in [3.05, 3.63) is 182 Å². The van der Waals surface area contributed by atoms with Gasteiger partial charge in [0.05, 0.1) is 13.2 Å². The fourth-order valence-electron chi connectivity index (χ4n) is 10.7. The van der Waals surface area contributed by atoms with E-state index >= 15 is 0 Å². The lowest BCUT2D eigenvalue weighted by Crippen LogP contribution is -2.39. The molecule has 5 aliphatic rings. The van der Waals surface area contributed by atoms with E-state index in [1.807, 2.05) is 199 Å². The van der Waals surface area contributed by atoms with E-state index in [1.165, 1.54) is 53.9 Å². The molecule has 15 rings (SSSR count). The Bertz CT molecular complexity index is 3790. The van der Waals surface area contributed by atoms with Crippen molar-refractivity contribution in [3.63, 3.8) is 0 Å². The minimum Gasteiger partial charge on any atom is -0.489 e. The maximum Gasteiger partial charge on any atom is 0.246 e. The Hall–Kier alpha value is -8.50. The van der Waals surface area contributed by atoms with Gasteiger partial charge in [-0.1, -0.05) is 386 Å². The van der Waals surface area contributed by atoms with Gasteiger partial charge >= 0.3 is 0 Å². The highest BCUT2D eigenvalue weighted by Crippen LogP contribution is 2.46. The molecule has 10 nitrogen and oxygen atoms in total. The molecule has 0 amide bonds. The molecule has 112 heavy (non-hydrogen) atoms. The van der Waals surface area contributed by atoms with Crippen molar-refractivity contribution in [2.24, 2.45) is 33.0 Å². The van der Waals surface area contributed by atoms with Crippen LogP contribution in [0.4, 0.5) is 0 Å². The van der Waals surface area contributed by atoms with Crippen LogP contribution >= 0.6 is 0 Å². The van der Waals surface area contributed by atoms with Gasteiger partial charge in [0.15, 0.2) is 57.5 Å². The van der Waals surface area contributed by atoms with Gasteiger partial charge < -0.3 is 47.4 Å². The van der Waals surface area contributed by atoms with Crippen LogP contribution in [0.15, 0.2) is 182 Å². The molecule has 628 valence electrons. The molecule has 2 atom stereocenters. The molecule has 0 radical (unpaired) electrons. The summed E-state index contributed by atoms with van der Waals surface area (Å²) in [6.45, 7) is 75.1. The summed E-state index contributed by atoms with van der Waals surface area (Å²) >= 11 is 0. The van der Waals surface area contributed by atoms with Crippen LogP contribution in [-0.4, -0.2) is 51.2 Å². The van der Waals surface area contributed by atoms with Crippen LogP contribution in [0.3, 0.4) is 0 Å². The summed E-state index contributed by atoms with van der Waals surface area (Å²) in [5, 5.41) is 11.9. The maximum absolute atomic E-state index is 6.08. The zero-order valence-electron chi connectivity index (χ0n) is 74.6. The van der Waals surface area contributed by atoms with Crippen molar-refractivity contribution in [1.29, 1.82) is 0 Å². The molecule has 10 aromatic carbocycles. The summed E-state index contributed by atoms with van der Waals surface area (Å²) in [4.78, 5) is 0. The van der Waals surface area contributed by atoms with Gasteiger partial charge in [0.2, 0.25) is 12.6 Å². The van der Waals surface area contributed by atoms with Gasteiger partial charge in [-0.3, -0.25) is 0 Å². The molecule has 0 spiro atoms.